The van der Waals surface area contributed by atoms with Crippen molar-refractivity contribution in [2.75, 3.05) is 36.5 Å². The van der Waals surface area contributed by atoms with Gasteiger partial charge in [-0.3, -0.25) is 4.79 Å². The normalized spacial score (nSPS) is 22.0. The van der Waals surface area contributed by atoms with Crippen LogP contribution in [0.5, 0.6) is 0 Å². The summed E-state index contributed by atoms with van der Waals surface area (Å²) in [5.74, 6) is -0.501. The number of rotatable bonds is 4. The first-order valence-electron chi connectivity index (χ1n) is 9.20. The van der Waals surface area contributed by atoms with E-state index in [0.29, 0.717) is 44.2 Å². The summed E-state index contributed by atoms with van der Waals surface area (Å²) < 4.78 is 45.1. The summed E-state index contributed by atoms with van der Waals surface area (Å²) in [5.41, 5.74) is 0.101. The SMILES string of the molecule is O=C(Nc1cccnc1N1CCOCC1)[C@H]1C[C@@H]1c1ccccc1C(F)(F)F. The van der Waals surface area contributed by atoms with E-state index in [9.17, 15) is 18.0 Å². The number of hydrogen-bond acceptors (Lipinski definition) is 4. The lowest BCUT2D eigenvalue weighted by Gasteiger charge is -2.29. The fourth-order valence-electron chi connectivity index (χ4n) is 3.65. The van der Waals surface area contributed by atoms with Crippen molar-refractivity contribution in [3.05, 3.63) is 53.7 Å². The van der Waals surface area contributed by atoms with Crippen LogP contribution in [-0.4, -0.2) is 37.2 Å². The molecule has 1 saturated heterocycles. The summed E-state index contributed by atoms with van der Waals surface area (Å²) >= 11 is 0. The second-order valence-electron chi connectivity index (χ2n) is 7.00. The van der Waals surface area contributed by atoms with Crippen LogP contribution in [0.1, 0.15) is 23.5 Å². The van der Waals surface area contributed by atoms with Crippen molar-refractivity contribution in [2.45, 2.75) is 18.5 Å². The summed E-state index contributed by atoms with van der Waals surface area (Å²) in [6.45, 7) is 2.52. The van der Waals surface area contributed by atoms with E-state index < -0.39 is 23.6 Å². The van der Waals surface area contributed by atoms with Crippen LogP contribution in [0, 0.1) is 5.92 Å². The Morgan fingerprint density at radius 2 is 1.89 bits per heavy atom. The van der Waals surface area contributed by atoms with Gasteiger partial charge in [0.2, 0.25) is 5.91 Å². The van der Waals surface area contributed by atoms with E-state index in [-0.39, 0.29) is 11.5 Å². The molecule has 28 heavy (non-hydrogen) atoms. The number of alkyl halides is 3. The van der Waals surface area contributed by atoms with Gasteiger partial charge in [-0.25, -0.2) is 4.98 Å². The Bertz CT molecular complexity index is 866. The van der Waals surface area contributed by atoms with Gasteiger partial charge in [0, 0.05) is 25.2 Å². The monoisotopic (exact) mass is 391 g/mol. The maximum Gasteiger partial charge on any atom is 0.416 e. The summed E-state index contributed by atoms with van der Waals surface area (Å²) in [4.78, 5) is 19.1. The summed E-state index contributed by atoms with van der Waals surface area (Å²) in [6.07, 6.45) is -2.36. The molecule has 0 radical (unpaired) electrons. The maximum atomic E-state index is 13.2. The predicted octanol–water partition coefficient (Wildman–Crippen LogP) is 3.68. The van der Waals surface area contributed by atoms with Gasteiger partial charge in [0.1, 0.15) is 0 Å². The molecule has 2 fully saturated rings. The molecule has 8 heteroatoms. The smallest absolute Gasteiger partial charge is 0.378 e. The van der Waals surface area contributed by atoms with Gasteiger partial charge in [0.05, 0.1) is 24.5 Å². The van der Waals surface area contributed by atoms with E-state index >= 15 is 0 Å². The first-order valence-corrected chi connectivity index (χ1v) is 9.20. The minimum absolute atomic E-state index is 0.190. The van der Waals surface area contributed by atoms with Crippen molar-refractivity contribution in [2.24, 2.45) is 5.92 Å². The highest BCUT2D eigenvalue weighted by Gasteiger charge is 2.48. The zero-order valence-corrected chi connectivity index (χ0v) is 15.1. The van der Waals surface area contributed by atoms with Crippen LogP contribution < -0.4 is 10.2 Å². The lowest BCUT2D eigenvalue weighted by Crippen LogP contribution is -2.37. The zero-order chi connectivity index (χ0) is 19.7. The zero-order valence-electron chi connectivity index (χ0n) is 15.1. The number of pyridine rings is 1. The van der Waals surface area contributed by atoms with Crippen LogP contribution in [0.2, 0.25) is 0 Å². The third-order valence-electron chi connectivity index (χ3n) is 5.15. The first-order chi connectivity index (χ1) is 13.4. The van der Waals surface area contributed by atoms with E-state index in [1.54, 1.807) is 24.4 Å². The molecule has 1 amide bonds. The molecule has 1 aliphatic carbocycles. The number of nitrogens with one attached hydrogen (secondary N) is 1. The highest BCUT2D eigenvalue weighted by Crippen LogP contribution is 2.51. The molecule has 1 N–H and O–H groups in total. The number of carbonyl (C=O) groups is 1. The van der Waals surface area contributed by atoms with Crippen molar-refractivity contribution >= 4 is 17.4 Å². The number of amides is 1. The van der Waals surface area contributed by atoms with Crippen LogP contribution in [0.4, 0.5) is 24.7 Å². The average Bonchev–Trinajstić information content (AvgIpc) is 3.49. The Hall–Kier alpha value is -2.61. The lowest BCUT2D eigenvalue weighted by atomic mass is 10.0. The average molecular weight is 391 g/mol. The molecular formula is C20H20F3N3O2. The van der Waals surface area contributed by atoms with Gasteiger partial charge in [-0.15, -0.1) is 0 Å². The number of nitrogens with zero attached hydrogens (tertiary/aromatic N) is 2. The van der Waals surface area contributed by atoms with Crippen LogP contribution in [-0.2, 0) is 15.7 Å². The Labute approximate surface area is 160 Å². The van der Waals surface area contributed by atoms with Gasteiger partial charge in [-0.1, -0.05) is 18.2 Å². The Morgan fingerprint density at radius 3 is 2.64 bits per heavy atom. The van der Waals surface area contributed by atoms with Crippen LogP contribution in [0.15, 0.2) is 42.6 Å². The van der Waals surface area contributed by atoms with E-state index in [1.165, 1.54) is 12.1 Å². The van der Waals surface area contributed by atoms with Crippen molar-refractivity contribution in [3.63, 3.8) is 0 Å². The van der Waals surface area contributed by atoms with E-state index in [0.717, 1.165) is 6.07 Å². The number of carbonyl (C=O) groups excluding carboxylic acids is 1. The molecule has 4 rings (SSSR count). The number of ether oxygens (including phenoxy) is 1. The van der Waals surface area contributed by atoms with E-state index in [1.807, 2.05) is 4.90 Å². The molecule has 2 aromatic rings. The molecule has 5 nitrogen and oxygen atoms in total. The third kappa shape index (κ3) is 3.82. The Balaban J connectivity index is 1.49. The first kappa shape index (κ1) is 18.7. The second-order valence-corrected chi connectivity index (χ2v) is 7.00. The molecular weight excluding hydrogens is 371 g/mol. The Kier molecular flexibility index (Phi) is 4.97. The van der Waals surface area contributed by atoms with E-state index in [4.69, 9.17) is 4.74 Å². The predicted molar refractivity (Wildman–Crippen MR) is 98.2 cm³/mol. The van der Waals surface area contributed by atoms with Crippen LogP contribution in [0.3, 0.4) is 0 Å². The van der Waals surface area contributed by atoms with Crippen molar-refractivity contribution in [1.29, 1.82) is 0 Å². The van der Waals surface area contributed by atoms with Gasteiger partial charge in [-0.2, -0.15) is 13.2 Å². The molecule has 148 valence electrons. The number of halogens is 3. The molecule has 1 saturated carbocycles. The number of anilines is 2. The highest BCUT2D eigenvalue weighted by atomic mass is 19.4. The fraction of sp³-hybridized carbons (Fsp3) is 0.400. The van der Waals surface area contributed by atoms with Crippen LogP contribution in [0.25, 0.3) is 0 Å². The van der Waals surface area contributed by atoms with Gasteiger partial charge >= 0.3 is 6.18 Å². The van der Waals surface area contributed by atoms with Crippen molar-refractivity contribution in [3.8, 4) is 0 Å². The summed E-state index contributed by atoms with van der Waals surface area (Å²) in [5, 5.41) is 2.86. The summed E-state index contributed by atoms with van der Waals surface area (Å²) in [7, 11) is 0. The molecule has 1 aliphatic heterocycles. The molecule has 1 aromatic carbocycles. The standard InChI is InChI=1S/C20H20F3N3O2/c21-20(22,23)16-5-2-1-4-13(16)14-12-15(14)19(27)25-17-6-3-7-24-18(17)26-8-10-28-11-9-26/h1-7,14-15H,8-12H2,(H,25,27)/t14-,15+/m1/s1. The molecule has 1 aromatic heterocycles. The molecule has 2 aliphatic rings. The largest absolute Gasteiger partial charge is 0.416 e. The van der Waals surface area contributed by atoms with Crippen molar-refractivity contribution in [1.82, 2.24) is 4.98 Å². The summed E-state index contributed by atoms with van der Waals surface area (Å²) in [6, 6.07) is 8.97. The quantitative estimate of drug-likeness (QED) is 0.864. The molecule has 2 atom stereocenters. The molecule has 0 unspecified atom stereocenters. The molecule has 0 bridgehead atoms. The lowest BCUT2D eigenvalue weighted by molar-refractivity contribution is -0.138. The topological polar surface area (TPSA) is 54.5 Å². The van der Waals surface area contributed by atoms with Crippen molar-refractivity contribution < 1.29 is 22.7 Å². The number of benzene rings is 1. The highest BCUT2D eigenvalue weighted by molar-refractivity contribution is 5.97. The minimum atomic E-state index is -4.42. The van der Waals surface area contributed by atoms with Gasteiger partial charge in [0.15, 0.2) is 5.82 Å². The number of aromatic nitrogens is 1. The Morgan fingerprint density at radius 1 is 1.14 bits per heavy atom. The maximum absolute atomic E-state index is 13.2. The van der Waals surface area contributed by atoms with Crippen LogP contribution >= 0.6 is 0 Å². The fourth-order valence-corrected chi connectivity index (χ4v) is 3.65. The van der Waals surface area contributed by atoms with Gasteiger partial charge in [0.25, 0.3) is 0 Å². The second kappa shape index (κ2) is 7.43. The number of hydrogen-bond donors (Lipinski definition) is 1. The minimum Gasteiger partial charge on any atom is -0.378 e. The molecule has 2 heterocycles. The van der Waals surface area contributed by atoms with Gasteiger partial charge < -0.3 is 15.0 Å². The molecule has 0 spiro atoms. The third-order valence-corrected chi connectivity index (χ3v) is 5.15. The number of morpholine rings is 1. The van der Waals surface area contributed by atoms with E-state index in [2.05, 4.69) is 10.3 Å². The van der Waals surface area contributed by atoms with Gasteiger partial charge in [-0.05, 0) is 36.1 Å².